The molecule has 0 aromatic heterocycles. The average molecular weight is 472 g/mol. The van der Waals surface area contributed by atoms with Crippen molar-refractivity contribution in [2.24, 2.45) is 4.99 Å². The second-order valence-corrected chi connectivity index (χ2v) is 8.81. The van der Waals surface area contributed by atoms with Crippen molar-refractivity contribution < 1.29 is 9.21 Å². The summed E-state index contributed by atoms with van der Waals surface area (Å²) in [6, 6.07) is 29.5. The minimum atomic E-state index is -0.289. The number of carbonyl (C=O) groups excluding carboxylic acids is 1. The molecule has 4 aromatic rings. The Morgan fingerprint density at radius 1 is 0.833 bits per heavy atom. The Labute approximate surface area is 208 Å². The highest BCUT2D eigenvalue weighted by atomic mass is 16.3. The van der Waals surface area contributed by atoms with Gasteiger partial charge in [-0.25, -0.2) is 9.98 Å². The third-order valence-electron chi connectivity index (χ3n) is 6.70. The topological polar surface area (TPSA) is 58.7 Å². The Bertz CT molecular complexity index is 1800. The van der Waals surface area contributed by atoms with Crippen molar-refractivity contribution in [3.05, 3.63) is 102 Å². The van der Waals surface area contributed by atoms with Gasteiger partial charge >= 0.3 is 0 Å². The van der Waals surface area contributed by atoms with E-state index in [-0.39, 0.29) is 5.91 Å². The number of amides is 1. The molecule has 4 aromatic carbocycles. The van der Waals surface area contributed by atoms with E-state index in [9.17, 15) is 4.79 Å². The van der Waals surface area contributed by atoms with Crippen LogP contribution in [0.25, 0.3) is 44.1 Å². The van der Waals surface area contributed by atoms with Gasteiger partial charge in [0, 0.05) is 47.2 Å². The normalized spacial score (nSPS) is 12.1. The summed E-state index contributed by atoms with van der Waals surface area (Å²) in [6.45, 7) is 6.09. The molecule has 1 heterocycles. The first-order chi connectivity index (χ1) is 17.6. The molecule has 1 aliphatic carbocycles. The van der Waals surface area contributed by atoms with Gasteiger partial charge in [0.1, 0.15) is 11.2 Å². The molecule has 176 valence electrons. The van der Waals surface area contributed by atoms with Crippen LogP contribution in [0.15, 0.2) is 100 Å². The van der Waals surface area contributed by atoms with Crippen LogP contribution in [0.4, 0.5) is 5.69 Å². The lowest BCUT2D eigenvalue weighted by molar-refractivity contribution is 0.0999. The first-order valence-corrected chi connectivity index (χ1v) is 12.2. The van der Waals surface area contributed by atoms with Crippen LogP contribution in [-0.2, 0) is 0 Å². The molecule has 1 aliphatic heterocycles. The van der Waals surface area contributed by atoms with Gasteiger partial charge < -0.3 is 9.32 Å². The van der Waals surface area contributed by atoms with Gasteiger partial charge in [-0.2, -0.15) is 0 Å². The van der Waals surface area contributed by atoms with E-state index < -0.39 is 0 Å². The number of nitrogens with zero attached hydrogens (tertiary/aromatic N) is 3. The fraction of sp³-hybridized carbons (Fsp3) is 0.129. The number of hydrogen-bond donors (Lipinski definition) is 0. The van der Waals surface area contributed by atoms with Crippen molar-refractivity contribution in [3.63, 3.8) is 0 Å². The maximum Gasteiger partial charge on any atom is 0.277 e. The summed E-state index contributed by atoms with van der Waals surface area (Å²) < 4.78 is 6.36. The Morgan fingerprint density at radius 2 is 1.58 bits per heavy atom. The smallest absolute Gasteiger partial charge is 0.277 e. The maximum atomic E-state index is 13.2. The Hall–Kier alpha value is -4.51. The molecular formula is C31H25N3O2. The van der Waals surface area contributed by atoms with Gasteiger partial charge in [-0.1, -0.05) is 54.6 Å². The van der Waals surface area contributed by atoms with Gasteiger partial charge in [0.25, 0.3) is 5.91 Å². The van der Waals surface area contributed by atoms with Crippen LogP contribution >= 0.6 is 0 Å². The van der Waals surface area contributed by atoms with Crippen LogP contribution in [0.3, 0.4) is 0 Å². The fourth-order valence-corrected chi connectivity index (χ4v) is 4.80. The van der Waals surface area contributed by atoms with Gasteiger partial charge in [-0.05, 0) is 48.9 Å². The summed E-state index contributed by atoms with van der Waals surface area (Å²) >= 11 is 0. The third-order valence-corrected chi connectivity index (χ3v) is 6.70. The number of benzene rings is 5. The van der Waals surface area contributed by atoms with Crippen LogP contribution in [0.2, 0.25) is 0 Å². The monoisotopic (exact) mass is 471 g/mol. The molecule has 0 unspecified atom stereocenters. The fourth-order valence-electron chi connectivity index (χ4n) is 4.80. The number of rotatable bonds is 4. The Morgan fingerprint density at radius 3 is 2.39 bits per heavy atom. The van der Waals surface area contributed by atoms with Crippen LogP contribution in [0.1, 0.15) is 24.2 Å². The SMILES string of the molecule is CCN(CC)c1ccc2nc3c4ccccc4c(=NC(=O)c4ccc5ccccc5c4)cc-3oc2c1. The van der Waals surface area contributed by atoms with E-state index in [0.717, 1.165) is 51.5 Å². The van der Waals surface area contributed by atoms with Crippen LogP contribution in [-0.4, -0.2) is 24.0 Å². The van der Waals surface area contributed by atoms with E-state index in [2.05, 4.69) is 29.8 Å². The van der Waals surface area contributed by atoms with E-state index in [1.54, 1.807) is 0 Å². The van der Waals surface area contributed by atoms with E-state index in [0.29, 0.717) is 22.3 Å². The van der Waals surface area contributed by atoms with Crippen molar-refractivity contribution >= 4 is 44.2 Å². The number of anilines is 1. The first kappa shape index (κ1) is 22.0. The molecule has 5 nitrogen and oxygen atoms in total. The molecule has 0 saturated heterocycles. The van der Waals surface area contributed by atoms with Crippen molar-refractivity contribution in [1.82, 2.24) is 4.98 Å². The molecule has 5 heteroatoms. The largest absolute Gasteiger partial charge is 0.453 e. The molecule has 0 spiro atoms. The highest BCUT2D eigenvalue weighted by molar-refractivity contribution is 6.01. The van der Waals surface area contributed by atoms with Crippen LogP contribution in [0.5, 0.6) is 0 Å². The highest BCUT2D eigenvalue weighted by Crippen LogP contribution is 2.31. The lowest BCUT2D eigenvalue weighted by Crippen LogP contribution is -2.21. The molecule has 0 bridgehead atoms. The first-order valence-electron chi connectivity index (χ1n) is 12.2. The quantitative estimate of drug-likeness (QED) is 0.209. The second kappa shape index (κ2) is 8.93. The van der Waals surface area contributed by atoms with E-state index in [1.807, 2.05) is 84.9 Å². The third kappa shape index (κ3) is 3.79. The minimum Gasteiger partial charge on any atom is -0.453 e. The van der Waals surface area contributed by atoms with E-state index in [4.69, 9.17) is 9.40 Å². The van der Waals surface area contributed by atoms with Gasteiger partial charge in [-0.15, -0.1) is 0 Å². The minimum absolute atomic E-state index is 0.289. The lowest BCUT2D eigenvalue weighted by atomic mass is 10.0. The molecule has 0 saturated carbocycles. The molecule has 36 heavy (non-hydrogen) atoms. The Kier molecular flexibility index (Phi) is 5.45. The molecule has 0 atom stereocenters. The van der Waals surface area contributed by atoms with Crippen LogP contribution < -0.4 is 10.3 Å². The highest BCUT2D eigenvalue weighted by Gasteiger charge is 2.16. The summed E-state index contributed by atoms with van der Waals surface area (Å²) in [7, 11) is 0. The van der Waals surface area contributed by atoms with E-state index in [1.165, 1.54) is 0 Å². The molecule has 0 N–H and O–H groups in total. The summed E-state index contributed by atoms with van der Waals surface area (Å²) in [5.74, 6) is 0.311. The summed E-state index contributed by atoms with van der Waals surface area (Å²) in [6.07, 6.45) is 0. The van der Waals surface area contributed by atoms with Gasteiger partial charge in [0.05, 0.1) is 5.36 Å². The number of hydrogen-bond acceptors (Lipinski definition) is 4. The molecule has 1 amide bonds. The number of fused-ring (bicyclic) bond motifs is 5. The van der Waals surface area contributed by atoms with Crippen molar-refractivity contribution in [2.75, 3.05) is 18.0 Å². The predicted molar refractivity (Wildman–Crippen MR) is 146 cm³/mol. The van der Waals surface area contributed by atoms with Crippen LogP contribution in [0, 0.1) is 0 Å². The van der Waals surface area contributed by atoms with Gasteiger partial charge in [0.2, 0.25) is 0 Å². The zero-order valence-corrected chi connectivity index (χ0v) is 20.2. The van der Waals surface area contributed by atoms with Gasteiger partial charge in [0.15, 0.2) is 11.3 Å². The summed E-state index contributed by atoms with van der Waals surface area (Å²) in [4.78, 5) is 24.9. The summed E-state index contributed by atoms with van der Waals surface area (Å²) in [5.41, 5.74) is 3.89. The van der Waals surface area contributed by atoms with Crippen molar-refractivity contribution in [3.8, 4) is 11.5 Å². The van der Waals surface area contributed by atoms with Crippen molar-refractivity contribution in [1.29, 1.82) is 0 Å². The zero-order chi connectivity index (χ0) is 24.6. The summed E-state index contributed by atoms with van der Waals surface area (Å²) in [5, 5.41) is 4.43. The molecular weight excluding hydrogens is 446 g/mol. The molecule has 6 rings (SSSR count). The standard InChI is InChI=1S/C31H25N3O2/c1-3-34(4-2)23-15-16-26-28(18-23)36-29-19-27(24-11-7-8-12-25(24)30(29)32-26)33-31(35)22-14-13-20-9-5-6-10-21(20)17-22/h5-19H,3-4H2,1-2H3. The van der Waals surface area contributed by atoms with Crippen molar-refractivity contribution in [2.45, 2.75) is 13.8 Å². The van der Waals surface area contributed by atoms with Gasteiger partial charge in [-0.3, -0.25) is 4.79 Å². The second-order valence-electron chi connectivity index (χ2n) is 8.81. The Balaban J connectivity index is 1.54. The zero-order valence-electron chi connectivity index (χ0n) is 20.2. The maximum absolute atomic E-state index is 13.2. The molecule has 2 aliphatic rings. The number of aromatic nitrogens is 1. The van der Waals surface area contributed by atoms with E-state index >= 15 is 0 Å². The molecule has 0 radical (unpaired) electrons. The average Bonchev–Trinajstić information content (AvgIpc) is 2.92. The lowest BCUT2D eigenvalue weighted by Gasteiger charge is -2.21. The molecule has 0 fully saturated rings. The number of carbonyl (C=O) groups is 1. The predicted octanol–water partition coefficient (Wildman–Crippen LogP) is 6.83.